The van der Waals surface area contributed by atoms with Gasteiger partial charge in [-0.15, -0.1) is 0 Å². The fraction of sp³-hybridized carbons (Fsp3) is 0.830. The second-order valence-corrected chi connectivity index (χ2v) is 32.9. The number of carbonyl (C=O) groups excluding carboxylic acids is 11. The van der Waals surface area contributed by atoms with Gasteiger partial charge in [-0.25, -0.2) is 9.59 Å². The normalized spacial score (nSPS) is 12.9. The van der Waals surface area contributed by atoms with E-state index in [2.05, 4.69) is 31.9 Å². The Bertz CT molecular complexity index is 2870. The fourth-order valence-electron chi connectivity index (χ4n) is 13.4. The molecule has 0 aromatic heterocycles. The summed E-state index contributed by atoms with van der Waals surface area (Å²) in [5, 5.41) is 53.0. The number of hydrogen-bond donors (Lipinski definition) is 12. The van der Waals surface area contributed by atoms with Gasteiger partial charge in [0.15, 0.2) is 0 Å². The summed E-state index contributed by atoms with van der Waals surface area (Å²) in [6.45, 7) is 9.04. The van der Waals surface area contributed by atoms with E-state index >= 15 is 0 Å². The van der Waals surface area contributed by atoms with Crippen molar-refractivity contribution in [2.24, 2.45) is 28.7 Å². The summed E-state index contributed by atoms with van der Waals surface area (Å²) in [6.07, 6.45) is 32.5. The van der Waals surface area contributed by atoms with E-state index in [1.807, 2.05) is 0 Å². The van der Waals surface area contributed by atoms with Gasteiger partial charge in [-0.05, 0) is 122 Å². The van der Waals surface area contributed by atoms with E-state index in [4.69, 9.17) is 40.6 Å². The number of ether oxygens (including phenoxy) is 4. The van der Waals surface area contributed by atoms with Gasteiger partial charge in [-0.2, -0.15) is 0 Å². The molecule has 0 aliphatic heterocycles. The first-order valence-electron chi connectivity index (χ1n) is 44.9. The van der Waals surface area contributed by atoms with Crippen LogP contribution in [0.2, 0.25) is 0 Å². The number of nitrogens with one attached hydrogen (secondary N) is 6. The van der Waals surface area contributed by atoms with Crippen molar-refractivity contribution in [2.45, 2.75) is 373 Å². The molecule has 0 radical (unpaired) electrons. The number of Topliss-reactive ketones (excluding diaryl/α,β-unsaturated/α-hetero) is 5. The van der Waals surface area contributed by atoms with Gasteiger partial charge in [-0.3, -0.25) is 62.3 Å². The molecule has 14 N–H and O–H groups in total. The molecule has 0 heterocycles. The first-order chi connectivity index (χ1) is 56.9. The molecule has 0 spiro atoms. The number of carboxylic acids is 4. The molecule has 690 valence electrons. The number of nitrogens with two attached hydrogens (primary N) is 2. The van der Waals surface area contributed by atoms with E-state index in [-0.39, 0.29) is 197 Å². The van der Waals surface area contributed by atoms with Crippen LogP contribution in [0.3, 0.4) is 0 Å². The summed E-state index contributed by atoms with van der Waals surface area (Å²) in [7, 11) is 0. The summed E-state index contributed by atoms with van der Waals surface area (Å²) < 4.78 is 21.8. The molecular formula is C88H160N8O23. The highest BCUT2D eigenvalue weighted by molar-refractivity contribution is 5.93. The summed E-state index contributed by atoms with van der Waals surface area (Å²) in [5.74, 6) is -7.63. The molecule has 119 heavy (non-hydrogen) atoms. The number of carbonyl (C=O) groups is 15. The molecule has 0 saturated heterocycles. The Kier molecular flexibility index (Phi) is 70.1. The van der Waals surface area contributed by atoms with E-state index in [1.54, 1.807) is 20.8 Å². The van der Waals surface area contributed by atoms with Crippen molar-refractivity contribution in [1.82, 2.24) is 31.9 Å². The van der Waals surface area contributed by atoms with Crippen molar-refractivity contribution < 1.29 is 114 Å². The third-order valence-corrected chi connectivity index (χ3v) is 21.0. The number of carboxylic acid groups (broad SMARTS) is 4. The van der Waals surface area contributed by atoms with Crippen LogP contribution in [0.1, 0.15) is 352 Å². The van der Waals surface area contributed by atoms with Crippen LogP contribution in [0.5, 0.6) is 0 Å². The molecule has 0 aliphatic carbocycles. The molecule has 0 aromatic carbocycles. The zero-order valence-corrected chi connectivity index (χ0v) is 73.0. The predicted octanol–water partition coefficient (Wildman–Crippen LogP) is 11.6. The van der Waals surface area contributed by atoms with Crippen molar-refractivity contribution in [3.8, 4) is 0 Å². The highest BCUT2D eigenvalue weighted by Gasteiger charge is 2.31. The minimum Gasteiger partial charge on any atom is -0.481 e. The molecular weight excluding hydrogens is 1540 g/mol. The van der Waals surface area contributed by atoms with E-state index < -0.39 is 65.3 Å². The van der Waals surface area contributed by atoms with Crippen LogP contribution in [0.4, 0.5) is 0 Å². The summed E-state index contributed by atoms with van der Waals surface area (Å²) in [5.41, 5.74) is 11.7. The lowest BCUT2D eigenvalue weighted by Gasteiger charge is -2.23. The largest absolute Gasteiger partial charge is 0.481 e. The monoisotopic (exact) mass is 1700 g/mol. The molecule has 6 atom stereocenters. The smallest absolute Gasteiger partial charge is 0.326 e. The number of rotatable bonds is 86. The standard InChI is InChI=1S/C88H156N8O23.2H2/c1-67(97)68(39-29-33-55-93-84(110)72(89)43-31-35-53-91-80(104)65-118-61-59-116-57-37-41-70(98)49-51-74(86(112)113)95-78(102)45-25-21-17-13-9-5-7-11-15-19-23-27-47-82(106)107)63-76(100)69(64-77(101)88(2,3)4)40-30-34-56-94-85(111)73(90)44-32-36-54-92-81(105)66-119-62-60-117-58-38-42-71(99)50-52-75(87(114)115)96-79(103)46-26-22-18-14-10-6-8-12-16-20-24-28-48-83(108)109;;/h68-69,72-75H,5-66,89-90H2,1-4H3,(H,91,104)(H,92,105)(H,93,110)(H,94,111)(H,95,102)(H,96,103)(H,106,107)(H,108,109)(H,112,113)(H,114,115);2*1H/t68-,69-,72+,73+,74+,75+;;/m1../s1. The molecule has 31 nitrogen and oxygen atoms in total. The Balaban J connectivity index is -0.0000696. The van der Waals surface area contributed by atoms with Crippen LogP contribution in [-0.4, -0.2) is 212 Å². The molecule has 0 rings (SSSR count). The van der Waals surface area contributed by atoms with Gasteiger partial charge < -0.3 is 82.7 Å². The van der Waals surface area contributed by atoms with Crippen molar-refractivity contribution in [2.75, 3.05) is 79.0 Å². The van der Waals surface area contributed by atoms with Gasteiger partial charge in [0.1, 0.15) is 54.2 Å². The number of aliphatic carboxylic acids is 4. The van der Waals surface area contributed by atoms with Crippen molar-refractivity contribution >= 4 is 88.2 Å². The van der Waals surface area contributed by atoms with Crippen LogP contribution in [0.25, 0.3) is 0 Å². The lowest BCUT2D eigenvalue weighted by atomic mass is 9.79. The zero-order chi connectivity index (χ0) is 88.5. The molecule has 0 aliphatic rings. The summed E-state index contributed by atoms with van der Waals surface area (Å²) in [4.78, 5) is 185. The van der Waals surface area contributed by atoms with Crippen molar-refractivity contribution in [3.05, 3.63) is 0 Å². The van der Waals surface area contributed by atoms with Gasteiger partial charge in [-0.1, -0.05) is 162 Å². The molecule has 0 unspecified atom stereocenters. The zero-order valence-electron chi connectivity index (χ0n) is 73.0. The van der Waals surface area contributed by atoms with Gasteiger partial charge in [0.2, 0.25) is 35.4 Å². The SMILES string of the molecule is CC(=O)[C@H](CCCCNC(=O)[C@@H](N)CCCCNC(=O)COCCOCCCC(=O)CC[C@H](NC(=O)CCCCCCCCCCCCCCC(=O)O)C(=O)O)CC(=O)[C@H](CCCCNC(=O)[C@@H](N)CCCCNC(=O)COCCOCCCC(=O)CC[C@H](NC(=O)CCCCCCCCCCCCCCC(=O)O)C(=O)O)CC(=O)C(C)(C)C.[HH].[HH]. The molecule has 6 amide bonds. The van der Waals surface area contributed by atoms with Gasteiger partial charge >= 0.3 is 23.9 Å². The van der Waals surface area contributed by atoms with Crippen molar-refractivity contribution in [1.29, 1.82) is 0 Å². The lowest BCUT2D eigenvalue weighted by Crippen LogP contribution is -2.41. The Morgan fingerprint density at radius 1 is 0.319 bits per heavy atom. The molecule has 0 saturated carbocycles. The summed E-state index contributed by atoms with van der Waals surface area (Å²) in [6, 6.07) is -3.82. The van der Waals surface area contributed by atoms with Crippen LogP contribution in [0.15, 0.2) is 0 Å². The number of unbranched alkanes of at least 4 members (excludes halogenated alkanes) is 26. The van der Waals surface area contributed by atoms with Crippen molar-refractivity contribution in [3.63, 3.8) is 0 Å². The fourth-order valence-corrected chi connectivity index (χ4v) is 13.4. The van der Waals surface area contributed by atoms with Crippen LogP contribution in [0, 0.1) is 17.3 Å². The van der Waals surface area contributed by atoms with Crippen LogP contribution < -0.4 is 43.4 Å². The highest BCUT2D eigenvalue weighted by Crippen LogP contribution is 2.27. The second kappa shape index (κ2) is 74.6. The Morgan fingerprint density at radius 3 is 0.958 bits per heavy atom. The minimum absolute atomic E-state index is 0. The third kappa shape index (κ3) is 70.1. The van der Waals surface area contributed by atoms with E-state index in [1.165, 1.54) is 6.92 Å². The number of amides is 6. The van der Waals surface area contributed by atoms with E-state index in [9.17, 15) is 82.1 Å². The Hall–Kier alpha value is -7.19. The first-order valence-corrected chi connectivity index (χ1v) is 44.9. The topological polar surface area (TPSA) is 498 Å². The maximum atomic E-state index is 13.8. The molecule has 0 fully saturated rings. The van der Waals surface area contributed by atoms with Gasteiger partial charge in [0.25, 0.3) is 0 Å². The molecule has 0 bridgehead atoms. The lowest BCUT2D eigenvalue weighted by molar-refractivity contribution is -0.142. The molecule has 0 aromatic rings. The van der Waals surface area contributed by atoms with Gasteiger partial charge in [0.05, 0.1) is 38.5 Å². The maximum Gasteiger partial charge on any atom is 0.326 e. The second-order valence-electron chi connectivity index (χ2n) is 32.9. The van der Waals surface area contributed by atoms with E-state index in [0.717, 1.165) is 141 Å². The number of ketones is 5. The van der Waals surface area contributed by atoms with Crippen LogP contribution >= 0.6 is 0 Å². The van der Waals surface area contributed by atoms with Crippen LogP contribution in [-0.2, 0) is 90.9 Å². The maximum absolute atomic E-state index is 13.8. The average Bonchev–Trinajstić information content (AvgIpc) is 0.866. The predicted molar refractivity (Wildman–Crippen MR) is 458 cm³/mol. The number of hydrogen-bond acceptors (Lipinski definition) is 21. The molecule has 31 heteroatoms. The quantitative estimate of drug-likeness (QED) is 0.0252. The van der Waals surface area contributed by atoms with E-state index in [0.29, 0.717) is 129 Å². The Labute approximate surface area is 711 Å². The third-order valence-electron chi connectivity index (χ3n) is 21.0. The first kappa shape index (κ1) is 112. The van der Waals surface area contributed by atoms with Gasteiger partial charge in [0, 0.05) is 124 Å². The summed E-state index contributed by atoms with van der Waals surface area (Å²) >= 11 is 0. The Morgan fingerprint density at radius 2 is 0.630 bits per heavy atom. The highest BCUT2D eigenvalue weighted by atomic mass is 16.5. The average molecular weight is 1700 g/mol. The minimum atomic E-state index is -1.18.